The molecule has 5 nitrogen and oxygen atoms in total. The predicted molar refractivity (Wildman–Crippen MR) is 83.3 cm³/mol. The van der Waals surface area contributed by atoms with Crippen molar-refractivity contribution in [3.63, 3.8) is 0 Å². The highest BCUT2D eigenvalue weighted by Gasteiger charge is 2.10. The number of rotatable bonds is 6. The standard InChI is InChI=1S/C15H25N3O2/c1-11(9-12(2)19)10-16-15(20)17-13-7-5-6-8-14(13)18(3)4/h5-8,11-12,19H,9-10H2,1-4H3,(H2,16,17,20). The molecule has 0 aromatic heterocycles. The number of nitrogens with one attached hydrogen (secondary N) is 2. The minimum Gasteiger partial charge on any atom is -0.393 e. The third kappa shape index (κ3) is 5.48. The lowest BCUT2D eigenvalue weighted by atomic mass is 10.1. The molecule has 0 aliphatic heterocycles. The molecule has 0 bridgehead atoms. The van der Waals surface area contributed by atoms with Crippen molar-refractivity contribution in [1.29, 1.82) is 0 Å². The largest absolute Gasteiger partial charge is 0.393 e. The number of amides is 2. The minimum atomic E-state index is -0.343. The van der Waals surface area contributed by atoms with Gasteiger partial charge in [0.05, 0.1) is 17.5 Å². The molecule has 0 heterocycles. The van der Waals surface area contributed by atoms with Gasteiger partial charge in [0.15, 0.2) is 0 Å². The number of benzene rings is 1. The summed E-state index contributed by atoms with van der Waals surface area (Å²) >= 11 is 0. The van der Waals surface area contributed by atoms with Crippen LogP contribution in [0.3, 0.4) is 0 Å². The highest BCUT2D eigenvalue weighted by molar-refractivity contribution is 5.93. The Morgan fingerprint density at radius 3 is 2.55 bits per heavy atom. The summed E-state index contributed by atoms with van der Waals surface area (Å²) in [5.41, 5.74) is 1.73. The molecule has 0 fully saturated rings. The highest BCUT2D eigenvalue weighted by atomic mass is 16.3. The summed E-state index contributed by atoms with van der Waals surface area (Å²) in [4.78, 5) is 13.8. The lowest BCUT2D eigenvalue weighted by Crippen LogP contribution is -2.33. The monoisotopic (exact) mass is 279 g/mol. The summed E-state index contributed by atoms with van der Waals surface area (Å²) < 4.78 is 0. The molecule has 5 heteroatoms. The normalized spacial score (nSPS) is 13.4. The van der Waals surface area contributed by atoms with Crippen molar-refractivity contribution < 1.29 is 9.90 Å². The highest BCUT2D eigenvalue weighted by Crippen LogP contribution is 2.23. The van der Waals surface area contributed by atoms with E-state index in [4.69, 9.17) is 0 Å². The van der Waals surface area contributed by atoms with Crippen molar-refractivity contribution in [2.45, 2.75) is 26.4 Å². The molecule has 0 saturated heterocycles. The number of carbonyl (C=O) groups is 1. The fourth-order valence-corrected chi connectivity index (χ4v) is 2.07. The summed E-state index contributed by atoms with van der Waals surface area (Å²) in [6.45, 7) is 4.30. The van der Waals surface area contributed by atoms with Gasteiger partial charge in [0.2, 0.25) is 0 Å². The second kappa shape index (κ2) is 7.75. The molecule has 2 amide bonds. The van der Waals surface area contributed by atoms with Gasteiger partial charge in [0.25, 0.3) is 0 Å². The number of hydrogen-bond acceptors (Lipinski definition) is 3. The van der Waals surface area contributed by atoms with E-state index in [9.17, 15) is 9.90 Å². The van der Waals surface area contributed by atoms with Gasteiger partial charge in [-0.3, -0.25) is 0 Å². The molecule has 3 N–H and O–H groups in total. The molecule has 0 spiro atoms. The molecule has 0 aliphatic rings. The van der Waals surface area contributed by atoms with Crippen LogP contribution < -0.4 is 15.5 Å². The molecular formula is C15H25N3O2. The molecule has 0 radical (unpaired) electrons. The number of carbonyl (C=O) groups excluding carboxylic acids is 1. The van der Waals surface area contributed by atoms with E-state index in [-0.39, 0.29) is 18.1 Å². The van der Waals surface area contributed by atoms with Gasteiger partial charge in [-0.2, -0.15) is 0 Å². The molecule has 1 aromatic rings. The van der Waals surface area contributed by atoms with Crippen LogP contribution >= 0.6 is 0 Å². The molecule has 0 saturated carbocycles. The topological polar surface area (TPSA) is 64.6 Å². The zero-order chi connectivity index (χ0) is 15.1. The number of nitrogens with zero attached hydrogens (tertiary/aromatic N) is 1. The number of anilines is 2. The molecule has 2 atom stereocenters. The zero-order valence-electron chi connectivity index (χ0n) is 12.7. The first kappa shape index (κ1) is 16.3. The number of urea groups is 1. The maximum absolute atomic E-state index is 11.9. The second-order valence-corrected chi connectivity index (χ2v) is 5.44. The number of para-hydroxylation sites is 2. The zero-order valence-corrected chi connectivity index (χ0v) is 12.7. The number of aliphatic hydroxyl groups is 1. The number of hydrogen-bond donors (Lipinski definition) is 3. The van der Waals surface area contributed by atoms with Crippen molar-refractivity contribution in [3.05, 3.63) is 24.3 Å². The molecule has 2 unspecified atom stereocenters. The summed E-state index contributed by atoms with van der Waals surface area (Å²) in [6.07, 6.45) is 0.332. The van der Waals surface area contributed by atoms with Crippen LogP contribution in [0.5, 0.6) is 0 Å². The quantitative estimate of drug-likeness (QED) is 0.748. The van der Waals surface area contributed by atoms with E-state index in [1.807, 2.05) is 50.2 Å². The fourth-order valence-electron chi connectivity index (χ4n) is 2.07. The Morgan fingerprint density at radius 2 is 1.95 bits per heavy atom. The summed E-state index contributed by atoms with van der Waals surface area (Å²) in [6, 6.07) is 7.42. The SMILES string of the molecule is CC(O)CC(C)CNC(=O)Nc1ccccc1N(C)C. The van der Waals surface area contributed by atoms with Gasteiger partial charge < -0.3 is 20.6 Å². The van der Waals surface area contributed by atoms with Gasteiger partial charge in [-0.05, 0) is 31.4 Å². The Morgan fingerprint density at radius 1 is 1.30 bits per heavy atom. The summed E-state index contributed by atoms with van der Waals surface area (Å²) in [5.74, 6) is 0.241. The van der Waals surface area contributed by atoms with E-state index >= 15 is 0 Å². The Labute approximate surface area is 121 Å². The van der Waals surface area contributed by atoms with E-state index in [1.165, 1.54) is 0 Å². The van der Waals surface area contributed by atoms with Crippen LogP contribution in [0.1, 0.15) is 20.3 Å². The van der Waals surface area contributed by atoms with Crippen LogP contribution in [0, 0.1) is 5.92 Å². The predicted octanol–water partition coefficient (Wildman–Crippen LogP) is 2.28. The average Bonchev–Trinajstić information content (AvgIpc) is 2.36. The maximum atomic E-state index is 11.9. The van der Waals surface area contributed by atoms with Gasteiger partial charge in [-0.15, -0.1) is 0 Å². The fraction of sp³-hybridized carbons (Fsp3) is 0.533. The van der Waals surface area contributed by atoms with E-state index in [2.05, 4.69) is 10.6 Å². The minimum absolute atomic E-state index is 0.225. The van der Waals surface area contributed by atoms with E-state index in [0.717, 1.165) is 11.4 Å². The Hall–Kier alpha value is -1.75. The van der Waals surface area contributed by atoms with Crippen molar-refractivity contribution in [3.8, 4) is 0 Å². The van der Waals surface area contributed by atoms with Crippen molar-refractivity contribution in [2.24, 2.45) is 5.92 Å². The molecule has 20 heavy (non-hydrogen) atoms. The first-order chi connectivity index (χ1) is 9.40. The molecule has 112 valence electrons. The lowest BCUT2D eigenvalue weighted by molar-refractivity contribution is 0.163. The lowest BCUT2D eigenvalue weighted by Gasteiger charge is -2.19. The van der Waals surface area contributed by atoms with Crippen LogP contribution in [0.2, 0.25) is 0 Å². The first-order valence-corrected chi connectivity index (χ1v) is 6.89. The van der Waals surface area contributed by atoms with Crippen LogP contribution in [-0.2, 0) is 0 Å². The second-order valence-electron chi connectivity index (χ2n) is 5.44. The molecule has 1 rings (SSSR count). The van der Waals surface area contributed by atoms with E-state index in [0.29, 0.717) is 13.0 Å². The van der Waals surface area contributed by atoms with Gasteiger partial charge in [-0.1, -0.05) is 19.1 Å². The average molecular weight is 279 g/mol. The Bertz CT molecular complexity index is 433. The van der Waals surface area contributed by atoms with Crippen LogP contribution in [0.15, 0.2) is 24.3 Å². The molecular weight excluding hydrogens is 254 g/mol. The van der Waals surface area contributed by atoms with E-state index in [1.54, 1.807) is 6.92 Å². The van der Waals surface area contributed by atoms with Crippen molar-refractivity contribution in [1.82, 2.24) is 5.32 Å². The maximum Gasteiger partial charge on any atom is 0.319 e. The smallest absolute Gasteiger partial charge is 0.319 e. The Kier molecular flexibility index (Phi) is 6.31. The van der Waals surface area contributed by atoms with Crippen molar-refractivity contribution >= 4 is 17.4 Å². The van der Waals surface area contributed by atoms with Gasteiger partial charge in [-0.25, -0.2) is 4.79 Å². The third-order valence-electron chi connectivity index (χ3n) is 2.99. The number of aliphatic hydroxyl groups excluding tert-OH is 1. The van der Waals surface area contributed by atoms with E-state index < -0.39 is 0 Å². The Balaban J connectivity index is 2.51. The molecule has 0 aliphatic carbocycles. The third-order valence-corrected chi connectivity index (χ3v) is 2.99. The van der Waals surface area contributed by atoms with Crippen LogP contribution in [-0.4, -0.2) is 37.9 Å². The van der Waals surface area contributed by atoms with Crippen LogP contribution in [0.4, 0.5) is 16.2 Å². The van der Waals surface area contributed by atoms with Crippen molar-refractivity contribution in [2.75, 3.05) is 30.9 Å². The van der Waals surface area contributed by atoms with Gasteiger partial charge in [0.1, 0.15) is 0 Å². The van der Waals surface area contributed by atoms with Crippen LogP contribution in [0.25, 0.3) is 0 Å². The first-order valence-electron chi connectivity index (χ1n) is 6.89. The molecule has 1 aromatic carbocycles. The summed E-state index contributed by atoms with van der Waals surface area (Å²) in [5, 5.41) is 15.0. The van der Waals surface area contributed by atoms with Gasteiger partial charge >= 0.3 is 6.03 Å². The summed E-state index contributed by atoms with van der Waals surface area (Å²) in [7, 11) is 3.87. The van der Waals surface area contributed by atoms with Gasteiger partial charge in [0, 0.05) is 20.6 Å².